The number of esters is 1. The lowest BCUT2D eigenvalue weighted by Gasteiger charge is -2.12. The predicted molar refractivity (Wildman–Crippen MR) is 101 cm³/mol. The first-order chi connectivity index (χ1) is 13.4. The normalized spacial score (nSPS) is 17.5. The van der Waals surface area contributed by atoms with E-state index in [1.54, 1.807) is 0 Å². The monoisotopic (exact) mass is 384 g/mol. The molecular formula is C21H21FN2O4. The molecule has 7 heteroatoms. The average Bonchev–Trinajstić information content (AvgIpc) is 3.43. The van der Waals surface area contributed by atoms with Crippen molar-refractivity contribution in [1.29, 1.82) is 0 Å². The third kappa shape index (κ3) is 5.16. The standard InChI is InChI=1S/C21H21FN2O4/c1-13-9-16(13)21(27)24-18-8-7-15(22)10-17(18)20(26)23-11-19(25)28-12-14-5-3-2-4-6-14/h2-8,10,13,16H,9,11-12H2,1H3,(H,23,26)(H,24,27). The first-order valence-electron chi connectivity index (χ1n) is 9.02. The Hall–Kier alpha value is -3.22. The summed E-state index contributed by atoms with van der Waals surface area (Å²) >= 11 is 0. The van der Waals surface area contributed by atoms with Gasteiger partial charge in [0.05, 0.1) is 11.3 Å². The maximum atomic E-state index is 13.6. The highest BCUT2D eigenvalue weighted by Gasteiger charge is 2.39. The smallest absolute Gasteiger partial charge is 0.325 e. The zero-order valence-corrected chi connectivity index (χ0v) is 15.4. The quantitative estimate of drug-likeness (QED) is 0.719. The number of anilines is 1. The van der Waals surface area contributed by atoms with Gasteiger partial charge < -0.3 is 15.4 Å². The number of hydrogen-bond acceptors (Lipinski definition) is 4. The van der Waals surface area contributed by atoms with Gasteiger partial charge in [0.15, 0.2) is 0 Å². The fraction of sp³-hybridized carbons (Fsp3) is 0.286. The number of ether oxygens (including phenoxy) is 1. The molecule has 2 unspecified atom stereocenters. The van der Waals surface area contributed by atoms with Crippen LogP contribution < -0.4 is 10.6 Å². The van der Waals surface area contributed by atoms with Gasteiger partial charge in [-0.2, -0.15) is 0 Å². The van der Waals surface area contributed by atoms with Gasteiger partial charge in [-0.05, 0) is 36.1 Å². The van der Waals surface area contributed by atoms with Crippen LogP contribution in [-0.2, 0) is 20.9 Å². The number of benzene rings is 2. The molecule has 2 amide bonds. The summed E-state index contributed by atoms with van der Waals surface area (Å²) < 4.78 is 18.7. The van der Waals surface area contributed by atoms with Gasteiger partial charge >= 0.3 is 5.97 Å². The van der Waals surface area contributed by atoms with E-state index in [1.807, 2.05) is 37.3 Å². The maximum absolute atomic E-state index is 13.6. The van der Waals surface area contributed by atoms with Crippen molar-refractivity contribution in [3.8, 4) is 0 Å². The van der Waals surface area contributed by atoms with E-state index in [-0.39, 0.29) is 36.2 Å². The lowest BCUT2D eigenvalue weighted by atomic mass is 10.1. The first kappa shape index (κ1) is 19.5. The highest BCUT2D eigenvalue weighted by Crippen LogP contribution is 2.38. The third-order valence-corrected chi connectivity index (χ3v) is 4.57. The van der Waals surface area contributed by atoms with Crippen molar-refractivity contribution in [2.24, 2.45) is 11.8 Å². The molecule has 146 valence electrons. The Balaban J connectivity index is 1.56. The topological polar surface area (TPSA) is 84.5 Å². The minimum Gasteiger partial charge on any atom is -0.460 e. The fourth-order valence-electron chi connectivity index (χ4n) is 2.76. The summed E-state index contributed by atoms with van der Waals surface area (Å²) in [6, 6.07) is 12.7. The minimum atomic E-state index is -0.671. The zero-order valence-electron chi connectivity index (χ0n) is 15.4. The molecular weight excluding hydrogens is 363 g/mol. The molecule has 0 bridgehead atoms. The molecule has 2 atom stereocenters. The molecule has 0 heterocycles. The Labute approximate surface area is 162 Å². The van der Waals surface area contributed by atoms with Gasteiger partial charge in [0, 0.05) is 5.92 Å². The number of hydrogen-bond donors (Lipinski definition) is 2. The van der Waals surface area contributed by atoms with Crippen LogP contribution in [0.5, 0.6) is 0 Å². The summed E-state index contributed by atoms with van der Waals surface area (Å²) in [5, 5.41) is 5.06. The largest absolute Gasteiger partial charge is 0.460 e. The predicted octanol–water partition coefficient (Wildman–Crippen LogP) is 2.89. The summed E-state index contributed by atoms with van der Waals surface area (Å²) in [5.74, 6) is -1.89. The lowest BCUT2D eigenvalue weighted by Crippen LogP contribution is -2.31. The van der Waals surface area contributed by atoms with Crippen LogP contribution in [0.15, 0.2) is 48.5 Å². The van der Waals surface area contributed by atoms with Gasteiger partial charge in [0.2, 0.25) is 5.91 Å². The summed E-state index contributed by atoms with van der Waals surface area (Å²) in [6.07, 6.45) is 0.793. The number of halogens is 1. The molecule has 28 heavy (non-hydrogen) atoms. The average molecular weight is 384 g/mol. The van der Waals surface area contributed by atoms with Crippen molar-refractivity contribution in [3.63, 3.8) is 0 Å². The Kier molecular flexibility index (Phi) is 6.03. The summed E-state index contributed by atoms with van der Waals surface area (Å²) in [7, 11) is 0. The van der Waals surface area contributed by atoms with E-state index >= 15 is 0 Å². The first-order valence-corrected chi connectivity index (χ1v) is 9.02. The van der Waals surface area contributed by atoms with Crippen molar-refractivity contribution in [1.82, 2.24) is 5.32 Å². The van der Waals surface area contributed by atoms with Crippen LogP contribution >= 0.6 is 0 Å². The van der Waals surface area contributed by atoms with E-state index < -0.39 is 17.7 Å². The molecule has 0 saturated heterocycles. The van der Waals surface area contributed by atoms with Gasteiger partial charge in [0.25, 0.3) is 5.91 Å². The van der Waals surface area contributed by atoms with Crippen molar-refractivity contribution in [2.75, 3.05) is 11.9 Å². The Morgan fingerprint density at radius 1 is 1.14 bits per heavy atom. The number of rotatable bonds is 7. The van der Waals surface area contributed by atoms with E-state index in [0.717, 1.165) is 24.1 Å². The van der Waals surface area contributed by atoms with E-state index in [0.29, 0.717) is 5.92 Å². The molecule has 0 radical (unpaired) electrons. The Bertz CT molecular complexity index is 885. The minimum absolute atomic E-state index is 0.0440. The molecule has 2 N–H and O–H groups in total. The van der Waals surface area contributed by atoms with Gasteiger partial charge in [0.1, 0.15) is 19.0 Å². The van der Waals surface area contributed by atoms with E-state index in [1.165, 1.54) is 6.07 Å². The van der Waals surface area contributed by atoms with Crippen LogP contribution in [0.1, 0.15) is 29.3 Å². The van der Waals surface area contributed by atoms with Crippen molar-refractivity contribution in [2.45, 2.75) is 20.0 Å². The molecule has 0 aromatic heterocycles. The molecule has 0 spiro atoms. The second-order valence-corrected chi connectivity index (χ2v) is 6.83. The second kappa shape index (κ2) is 8.65. The summed E-state index contributed by atoms with van der Waals surface area (Å²) in [6.45, 7) is 1.69. The van der Waals surface area contributed by atoms with Crippen LogP contribution in [0, 0.1) is 17.7 Å². The van der Waals surface area contributed by atoms with Gasteiger partial charge in [-0.25, -0.2) is 4.39 Å². The molecule has 2 aromatic carbocycles. The second-order valence-electron chi connectivity index (χ2n) is 6.83. The SMILES string of the molecule is CC1CC1C(=O)Nc1ccc(F)cc1C(=O)NCC(=O)OCc1ccccc1. The molecule has 2 aromatic rings. The molecule has 1 fully saturated rings. The van der Waals surface area contributed by atoms with E-state index in [9.17, 15) is 18.8 Å². The number of amides is 2. The molecule has 1 saturated carbocycles. The Morgan fingerprint density at radius 2 is 1.86 bits per heavy atom. The molecule has 1 aliphatic rings. The molecule has 3 rings (SSSR count). The van der Waals surface area contributed by atoms with Crippen LogP contribution in [0.2, 0.25) is 0 Å². The van der Waals surface area contributed by atoms with Gasteiger partial charge in [-0.1, -0.05) is 37.3 Å². The van der Waals surface area contributed by atoms with Crippen molar-refractivity contribution >= 4 is 23.5 Å². The number of carbonyl (C=O) groups excluding carboxylic acids is 3. The zero-order chi connectivity index (χ0) is 20.1. The van der Waals surface area contributed by atoms with E-state index in [4.69, 9.17) is 4.74 Å². The fourth-order valence-corrected chi connectivity index (χ4v) is 2.76. The number of nitrogens with one attached hydrogen (secondary N) is 2. The van der Waals surface area contributed by atoms with Crippen molar-refractivity contribution in [3.05, 3.63) is 65.5 Å². The summed E-state index contributed by atoms with van der Waals surface area (Å²) in [5.41, 5.74) is 0.991. The van der Waals surface area contributed by atoms with Gasteiger partial charge in [-0.15, -0.1) is 0 Å². The third-order valence-electron chi connectivity index (χ3n) is 4.57. The molecule has 0 aliphatic heterocycles. The summed E-state index contributed by atoms with van der Waals surface area (Å²) in [4.78, 5) is 36.3. The maximum Gasteiger partial charge on any atom is 0.325 e. The molecule has 1 aliphatic carbocycles. The van der Waals surface area contributed by atoms with Crippen LogP contribution in [0.25, 0.3) is 0 Å². The van der Waals surface area contributed by atoms with Crippen LogP contribution in [0.4, 0.5) is 10.1 Å². The van der Waals surface area contributed by atoms with E-state index in [2.05, 4.69) is 10.6 Å². The van der Waals surface area contributed by atoms with Crippen LogP contribution in [0.3, 0.4) is 0 Å². The highest BCUT2D eigenvalue weighted by atomic mass is 19.1. The molecule has 6 nitrogen and oxygen atoms in total. The van der Waals surface area contributed by atoms with Crippen molar-refractivity contribution < 1.29 is 23.5 Å². The number of carbonyl (C=O) groups is 3. The van der Waals surface area contributed by atoms with Gasteiger partial charge in [-0.3, -0.25) is 14.4 Å². The highest BCUT2D eigenvalue weighted by molar-refractivity contribution is 6.05. The Morgan fingerprint density at radius 3 is 2.54 bits per heavy atom. The lowest BCUT2D eigenvalue weighted by molar-refractivity contribution is -0.143. The van der Waals surface area contributed by atoms with Crippen LogP contribution in [-0.4, -0.2) is 24.3 Å².